The van der Waals surface area contributed by atoms with Crippen LogP contribution in [0.3, 0.4) is 0 Å². The van der Waals surface area contributed by atoms with Gasteiger partial charge < -0.3 is 9.47 Å². The number of aromatic nitrogens is 1. The molecule has 0 amide bonds. The number of nitrogens with zero attached hydrogens (tertiary/aromatic N) is 2. The van der Waals surface area contributed by atoms with Crippen LogP contribution in [0.4, 0.5) is 17.1 Å². The average molecular weight is 689 g/mol. The molecule has 0 saturated heterocycles. The Kier molecular flexibility index (Phi) is 7.85. The minimum Gasteiger partial charge on any atom is -0.310 e. The van der Waals surface area contributed by atoms with Crippen LogP contribution in [0, 0.1) is 0 Å². The van der Waals surface area contributed by atoms with E-state index in [4.69, 9.17) is 0 Å². The lowest BCUT2D eigenvalue weighted by Gasteiger charge is -2.26. The van der Waals surface area contributed by atoms with Crippen LogP contribution in [-0.2, 0) is 0 Å². The molecular formula is C52H36N2. The third-order valence-corrected chi connectivity index (χ3v) is 10.6. The topological polar surface area (TPSA) is 8.17 Å². The largest absolute Gasteiger partial charge is 0.310 e. The molecule has 0 aliphatic rings. The standard InChI is InChI=1S/C52H36N2/c1-2-12-37(13-3-1)39-26-30-45(31-27-39)53(47-18-11-19-48(36-47)54-51-22-8-6-20-49(51)50-21-7-9-23-52(50)54)46-32-28-40(29-33-46)42-16-10-17-43(34-42)44-25-24-38-14-4-5-15-41(38)35-44/h1-36H. The molecule has 54 heavy (non-hydrogen) atoms. The summed E-state index contributed by atoms with van der Waals surface area (Å²) in [6, 6.07) is 78.9. The van der Waals surface area contributed by atoms with Gasteiger partial charge in [0.05, 0.1) is 11.0 Å². The van der Waals surface area contributed by atoms with E-state index < -0.39 is 0 Å². The van der Waals surface area contributed by atoms with E-state index in [-0.39, 0.29) is 0 Å². The Morgan fingerprint density at radius 3 is 1.44 bits per heavy atom. The summed E-state index contributed by atoms with van der Waals surface area (Å²) >= 11 is 0. The highest BCUT2D eigenvalue weighted by Crippen LogP contribution is 2.39. The maximum atomic E-state index is 2.39. The van der Waals surface area contributed by atoms with Gasteiger partial charge in [0.25, 0.3) is 0 Å². The number of benzene rings is 9. The van der Waals surface area contributed by atoms with Crippen LogP contribution < -0.4 is 4.90 Å². The summed E-state index contributed by atoms with van der Waals surface area (Å²) in [6.07, 6.45) is 0. The van der Waals surface area contributed by atoms with Crippen molar-refractivity contribution in [2.45, 2.75) is 0 Å². The zero-order chi connectivity index (χ0) is 35.8. The van der Waals surface area contributed by atoms with Gasteiger partial charge in [-0.2, -0.15) is 0 Å². The fourth-order valence-electron chi connectivity index (χ4n) is 7.90. The first-order valence-electron chi connectivity index (χ1n) is 18.5. The fourth-order valence-corrected chi connectivity index (χ4v) is 7.90. The predicted octanol–water partition coefficient (Wildman–Crippen LogP) is 14.4. The number of fused-ring (bicyclic) bond motifs is 4. The van der Waals surface area contributed by atoms with Crippen molar-refractivity contribution >= 4 is 49.6 Å². The molecule has 0 saturated carbocycles. The van der Waals surface area contributed by atoms with Gasteiger partial charge in [-0.3, -0.25) is 0 Å². The quantitative estimate of drug-likeness (QED) is 0.162. The Labute approximate surface area is 315 Å². The Morgan fingerprint density at radius 1 is 0.278 bits per heavy atom. The van der Waals surface area contributed by atoms with E-state index in [0.29, 0.717) is 0 Å². The van der Waals surface area contributed by atoms with Gasteiger partial charge in [-0.05, 0) is 111 Å². The monoisotopic (exact) mass is 688 g/mol. The molecule has 0 aliphatic heterocycles. The predicted molar refractivity (Wildman–Crippen MR) is 229 cm³/mol. The lowest BCUT2D eigenvalue weighted by atomic mass is 9.97. The highest BCUT2D eigenvalue weighted by molar-refractivity contribution is 6.09. The molecule has 9 aromatic carbocycles. The molecule has 254 valence electrons. The van der Waals surface area contributed by atoms with Crippen LogP contribution in [0.15, 0.2) is 218 Å². The van der Waals surface area contributed by atoms with Crippen molar-refractivity contribution in [3.05, 3.63) is 218 Å². The molecule has 0 radical (unpaired) electrons. The van der Waals surface area contributed by atoms with Crippen LogP contribution in [0.25, 0.3) is 71.6 Å². The van der Waals surface area contributed by atoms with Crippen LogP contribution in [0.1, 0.15) is 0 Å². The summed E-state index contributed by atoms with van der Waals surface area (Å²) in [5, 5.41) is 5.02. The molecule has 2 heteroatoms. The molecule has 0 spiro atoms. The summed E-state index contributed by atoms with van der Waals surface area (Å²) in [5.74, 6) is 0. The first-order chi connectivity index (χ1) is 26.8. The van der Waals surface area contributed by atoms with Crippen LogP contribution >= 0.6 is 0 Å². The second-order valence-corrected chi connectivity index (χ2v) is 13.8. The molecule has 0 atom stereocenters. The second kappa shape index (κ2) is 13.4. The van der Waals surface area contributed by atoms with Gasteiger partial charge in [0, 0.05) is 33.5 Å². The number of hydrogen-bond donors (Lipinski definition) is 0. The summed E-state index contributed by atoms with van der Waals surface area (Å²) in [5.41, 5.74) is 14.0. The van der Waals surface area contributed by atoms with Crippen molar-refractivity contribution in [1.29, 1.82) is 0 Å². The Balaban J connectivity index is 1.06. The van der Waals surface area contributed by atoms with E-state index in [2.05, 4.69) is 228 Å². The third kappa shape index (κ3) is 5.71. The zero-order valence-electron chi connectivity index (χ0n) is 29.7. The van der Waals surface area contributed by atoms with Crippen molar-refractivity contribution in [1.82, 2.24) is 4.57 Å². The van der Waals surface area contributed by atoms with E-state index in [1.165, 1.54) is 66.0 Å². The summed E-state index contributed by atoms with van der Waals surface area (Å²) in [6.45, 7) is 0. The van der Waals surface area contributed by atoms with Crippen LogP contribution in [-0.4, -0.2) is 4.57 Å². The molecule has 0 fully saturated rings. The van der Waals surface area contributed by atoms with Gasteiger partial charge in [0.2, 0.25) is 0 Å². The van der Waals surface area contributed by atoms with E-state index in [1.807, 2.05) is 0 Å². The van der Waals surface area contributed by atoms with Crippen LogP contribution in [0.2, 0.25) is 0 Å². The highest BCUT2D eigenvalue weighted by atomic mass is 15.1. The van der Waals surface area contributed by atoms with Gasteiger partial charge in [-0.1, -0.05) is 152 Å². The lowest BCUT2D eigenvalue weighted by molar-refractivity contribution is 1.17. The Bertz CT molecular complexity index is 2870. The molecule has 2 nitrogen and oxygen atoms in total. The summed E-state index contributed by atoms with van der Waals surface area (Å²) in [7, 11) is 0. The van der Waals surface area contributed by atoms with Gasteiger partial charge in [-0.25, -0.2) is 0 Å². The molecule has 0 unspecified atom stereocenters. The molecule has 10 rings (SSSR count). The van der Waals surface area contributed by atoms with E-state index in [0.717, 1.165) is 22.7 Å². The van der Waals surface area contributed by atoms with E-state index >= 15 is 0 Å². The van der Waals surface area contributed by atoms with Gasteiger partial charge >= 0.3 is 0 Å². The SMILES string of the molecule is c1ccc(-c2ccc(N(c3ccc(-c4cccc(-c5ccc6ccccc6c5)c4)cc3)c3cccc(-n4c5ccccc5c5ccccc54)c3)cc2)cc1. The minimum atomic E-state index is 1.09. The van der Waals surface area contributed by atoms with Crippen molar-refractivity contribution < 1.29 is 0 Å². The first kappa shape index (κ1) is 31.6. The normalized spacial score (nSPS) is 11.3. The van der Waals surface area contributed by atoms with Crippen molar-refractivity contribution in [2.75, 3.05) is 4.90 Å². The van der Waals surface area contributed by atoms with E-state index in [9.17, 15) is 0 Å². The summed E-state index contributed by atoms with van der Waals surface area (Å²) < 4.78 is 2.39. The highest BCUT2D eigenvalue weighted by Gasteiger charge is 2.17. The minimum absolute atomic E-state index is 1.09. The number of rotatable bonds is 7. The average Bonchev–Trinajstić information content (AvgIpc) is 3.59. The number of hydrogen-bond acceptors (Lipinski definition) is 1. The van der Waals surface area contributed by atoms with Gasteiger partial charge in [0.1, 0.15) is 0 Å². The zero-order valence-corrected chi connectivity index (χ0v) is 29.7. The maximum Gasteiger partial charge on any atom is 0.0541 e. The third-order valence-electron chi connectivity index (χ3n) is 10.6. The van der Waals surface area contributed by atoms with Crippen molar-refractivity contribution in [3.8, 4) is 39.1 Å². The second-order valence-electron chi connectivity index (χ2n) is 13.8. The molecule has 0 aliphatic carbocycles. The molecule has 1 aromatic heterocycles. The maximum absolute atomic E-state index is 2.39. The number of anilines is 3. The molecule has 1 heterocycles. The van der Waals surface area contributed by atoms with Gasteiger partial charge in [0.15, 0.2) is 0 Å². The van der Waals surface area contributed by atoms with Crippen molar-refractivity contribution in [2.24, 2.45) is 0 Å². The molecule has 10 aromatic rings. The molecule has 0 bridgehead atoms. The Hall–Kier alpha value is -7.16. The fraction of sp³-hybridized carbons (Fsp3) is 0. The lowest BCUT2D eigenvalue weighted by Crippen LogP contribution is -2.10. The molecular weight excluding hydrogens is 653 g/mol. The van der Waals surface area contributed by atoms with Crippen molar-refractivity contribution in [3.63, 3.8) is 0 Å². The summed E-state index contributed by atoms with van der Waals surface area (Å²) in [4.78, 5) is 2.36. The smallest absolute Gasteiger partial charge is 0.0541 e. The van der Waals surface area contributed by atoms with Crippen LogP contribution in [0.5, 0.6) is 0 Å². The van der Waals surface area contributed by atoms with Gasteiger partial charge in [-0.15, -0.1) is 0 Å². The Morgan fingerprint density at radius 2 is 0.759 bits per heavy atom. The number of para-hydroxylation sites is 2. The molecule has 0 N–H and O–H groups in total. The van der Waals surface area contributed by atoms with E-state index in [1.54, 1.807) is 0 Å². The first-order valence-corrected chi connectivity index (χ1v) is 18.5.